The minimum Gasteiger partial charge on any atom is -0.388 e. The van der Waals surface area contributed by atoms with E-state index in [1.165, 1.54) is 6.42 Å². The fraction of sp³-hybridized carbons (Fsp3) is 1.00. The van der Waals surface area contributed by atoms with E-state index in [0.29, 0.717) is 11.3 Å². The number of nitrogens with two attached hydrogens (primary N) is 1. The molecule has 100 valence electrons. The van der Waals surface area contributed by atoms with Crippen LogP contribution in [0.2, 0.25) is 0 Å². The second kappa shape index (κ2) is 4.24. The van der Waals surface area contributed by atoms with E-state index in [-0.39, 0.29) is 5.54 Å². The minimum atomic E-state index is -0.596. The summed E-state index contributed by atoms with van der Waals surface area (Å²) >= 11 is 0. The van der Waals surface area contributed by atoms with E-state index in [0.717, 1.165) is 44.9 Å². The molecule has 0 radical (unpaired) electrons. The van der Waals surface area contributed by atoms with Gasteiger partial charge in [0.15, 0.2) is 0 Å². The third-order valence-electron chi connectivity index (χ3n) is 5.40. The summed E-state index contributed by atoms with van der Waals surface area (Å²) in [5.74, 6) is 0.629. The highest BCUT2D eigenvalue weighted by molar-refractivity contribution is 5.08. The van der Waals surface area contributed by atoms with Crippen LogP contribution in [0.4, 0.5) is 0 Å². The molecule has 2 aliphatic carbocycles. The van der Waals surface area contributed by atoms with Gasteiger partial charge in [-0.15, -0.1) is 0 Å². The van der Waals surface area contributed by atoms with E-state index in [1.54, 1.807) is 0 Å². The van der Waals surface area contributed by atoms with Crippen molar-refractivity contribution in [2.45, 2.75) is 83.3 Å². The summed E-state index contributed by atoms with van der Waals surface area (Å²) in [5, 5.41) is 11.0. The van der Waals surface area contributed by atoms with Gasteiger partial charge in [-0.05, 0) is 49.9 Å². The maximum absolute atomic E-state index is 11.0. The van der Waals surface area contributed by atoms with Crippen LogP contribution in [-0.4, -0.2) is 16.2 Å². The van der Waals surface area contributed by atoms with Gasteiger partial charge in [-0.3, -0.25) is 0 Å². The molecular formula is C15H29NO. The molecule has 0 aromatic carbocycles. The molecule has 0 saturated heterocycles. The second-order valence-corrected chi connectivity index (χ2v) is 7.55. The van der Waals surface area contributed by atoms with Gasteiger partial charge in [-0.25, -0.2) is 0 Å². The summed E-state index contributed by atoms with van der Waals surface area (Å²) in [6, 6.07) is 0. The molecule has 17 heavy (non-hydrogen) atoms. The standard InChI is InChI=1S/C15H29NO/c1-12-5-4-6-15(17,11-12)14(16)9-7-13(2,3)8-10-14/h12,17H,4-11,16H2,1-3H3. The Hall–Kier alpha value is -0.0800. The van der Waals surface area contributed by atoms with Crippen LogP contribution in [-0.2, 0) is 0 Å². The smallest absolute Gasteiger partial charge is 0.0828 e. The summed E-state index contributed by atoms with van der Waals surface area (Å²) < 4.78 is 0. The Labute approximate surface area is 106 Å². The summed E-state index contributed by atoms with van der Waals surface area (Å²) in [4.78, 5) is 0. The molecule has 3 N–H and O–H groups in total. The lowest BCUT2D eigenvalue weighted by Gasteiger charge is -2.53. The highest BCUT2D eigenvalue weighted by Gasteiger charge is 2.51. The fourth-order valence-corrected chi connectivity index (χ4v) is 3.81. The van der Waals surface area contributed by atoms with E-state index < -0.39 is 5.60 Å². The molecule has 0 heterocycles. The molecule has 2 unspecified atom stereocenters. The Morgan fingerprint density at radius 2 is 1.65 bits per heavy atom. The van der Waals surface area contributed by atoms with Gasteiger partial charge in [0.2, 0.25) is 0 Å². The molecule has 2 rings (SSSR count). The van der Waals surface area contributed by atoms with Crippen LogP contribution in [0, 0.1) is 11.3 Å². The Morgan fingerprint density at radius 3 is 2.18 bits per heavy atom. The van der Waals surface area contributed by atoms with Gasteiger partial charge < -0.3 is 10.8 Å². The van der Waals surface area contributed by atoms with Crippen molar-refractivity contribution in [3.05, 3.63) is 0 Å². The Bertz CT molecular complexity index is 277. The van der Waals surface area contributed by atoms with Crippen molar-refractivity contribution in [1.29, 1.82) is 0 Å². The van der Waals surface area contributed by atoms with Crippen molar-refractivity contribution >= 4 is 0 Å². The van der Waals surface area contributed by atoms with Crippen LogP contribution in [0.15, 0.2) is 0 Å². The molecule has 0 spiro atoms. The molecule has 2 fully saturated rings. The average Bonchev–Trinajstić information content (AvgIpc) is 2.22. The first-order valence-electron chi connectivity index (χ1n) is 7.28. The van der Waals surface area contributed by atoms with E-state index in [1.807, 2.05) is 0 Å². The monoisotopic (exact) mass is 239 g/mol. The number of hydrogen-bond donors (Lipinski definition) is 2. The molecule has 0 bridgehead atoms. The lowest BCUT2D eigenvalue weighted by molar-refractivity contribution is -0.0980. The lowest BCUT2D eigenvalue weighted by Crippen LogP contribution is -2.63. The fourth-order valence-electron chi connectivity index (χ4n) is 3.81. The van der Waals surface area contributed by atoms with Crippen LogP contribution in [0.1, 0.15) is 72.1 Å². The lowest BCUT2D eigenvalue weighted by atomic mass is 9.59. The van der Waals surface area contributed by atoms with E-state index in [2.05, 4.69) is 20.8 Å². The number of hydrogen-bond acceptors (Lipinski definition) is 2. The van der Waals surface area contributed by atoms with Crippen molar-refractivity contribution in [2.24, 2.45) is 17.1 Å². The van der Waals surface area contributed by atoms with Crippen LogP contribution < -0.4 is 5.73 Å². The van der Waals surface area contributed by atoms with Crippen molar-refractivity contribution < 1.29 is 5.11 Å². The first kappa shape index (κ1) is 13.4. The van der Waals surface area contributed by atoms with Gasteiger partial charge >= 0.3 is 0 Å². The third-order valence-corrected chi connectivity index (χ3v) is 5.40. The van der Waals surface area contributed by atoms with Crippen molar-refractivity contribution in [3.8, 4) is 0 Å². The molecule has 0 aromatic rings. The van der Waals surface area contributed by atoms with Gasteiger partial charge in [0.1, 0.15) is 0 Å². The molecule has 2 aliphatic rings. The SMILES string of the molecule is CC1CCCC(O)(C2(N)CCC(C)(C)CC2)C1. The summed E-state index contributed by atoms with van der Waals surface area (Å²) in [6.07, 6.45) is 8.49. The van der Waals surface area contributed by atoms with E-state index in [4.69, 9.17) is 5.73 Å². The third kappa shape index (κ3) is 2.53. The maximum Gasteiger partial charge on any atom is 0.0828 e. The second-order valence-electron chi connectivity index (χ2n) is 7.55. The molecule has 2 atom stereocenters. The van der Waals surface area contributed by atoms with Crippen LogP contribution in [0.25, 0.3) is 0 Å². The van der Waals surface area contributed by atoms with Gasteiger partial charge in [0.05, 0.1) is 5.60 Å². The first-order chi connectivity index (χ1) is 7.77. The molecule has 2 saturated carbocycles. The van der Waals surface area contributed by atoms with Crippen molar-refractivity contribution in [3.63, 3.8) is 0 Å². The Morgan fingerprint density at radius 1 is 1.06 bits per heavy atom. The maximum atomic E-state index is 11.0. The Balaban J connectivity index is 2.10. The summed E-state index contributed by atoms with van der Waals surface area (Å²) in [7, 11) is 0. The van der Waals surface area contributed by atoms with Crippen LogP contribution in [0.5, 0.6) is 0 Å². The predicted octanol–water partition coefficient (Wildman–Crippen LogP) is 3.23. The largest absolute Gasteiger partial charge is 0.388 e. The topological polar surface area (TPSA) is 46.2 Å². The van der Waals surface area contributed by atoms with Crippen molar-refractivity contribution in [2.75, 3.05) is 0 Å². The molecule has 0 aliphatic heterocycles. The number of aliphatic hydroxyl groups is 1. The zero-order chi connectivity index (χ0) is 12.7. The van der Waals surface area contributed by atoms with E-state index in [9.17, 15) is 5.11 Å². The highest BCUT2D eigenvalue weighted by atomic mass is 16.3. The summed E-state index contributed by atoms with van der Waals surface area (Å²) in [5.41, 5.74) is 6.10. The molecule has 0 aromatic heterocycles. The zero-order valence-corrected chi connectivity index (χ0v) is 11.8. The number of rotatable bonds is 1. The highest BCUT2D eigenvalue weighted by Crippen LogP contribution is 2.48. The molecular weight excluding hydrogens is 210 g/mol. The summed E-state index contributed by atoms with van der Waals surface area (Å²) in [6.45, 7) is 6.89. The normalized spacial score (nSPS) is 41.1. The minimum absolute atomic E-state index is 0.322. The quantitative estimate of drug-likeness (QED) is 0.738. The first-order valence-corrected chi connectivity index (χ1v) is 7.28. The van der Waals surface area contributed by atoms with Crippen LogP contribution >= 0.6 is 0 Å². The predicted molar refractivity (Wildman–Crippen MR) is 71.7 cm³/mol. The molecule has 2 nitrogen and oxygen atoms in total. The van der Waals surface area contributed by atoms with Gasteiger partial charge in [0.25, 0.3) is 0 Å². The molecule has 0 amide bonds. The van der Waals surface area contributed by atoms with Gasteiger partial charge in [0, 0.05) is 5.54 Å². The van der Waals surface area contributed by atoms with Crippen molar-refractivity contribution in [1.82, 2.24) is 0 Å². The molecule has 2 heteroatoms. The zero-order valence-electron chi connectivity index (χ0n) is 11.8. The average molecular weight is 239 g/mol. The van der Waals surface area contributed by atoms with Gasteiger partial charge in [-0.1, -0.05) is 33.6 Å². The van der Waals surface area contributed by atoms with Crippen LogP contribution in [0.3, 0.4) is 0 Å². The Kier molecular flexibility index (Phi) is 3.33. The van der Waals surface area contributed by atoms with Gasteiger partial charge in [-0.2, -0.15) is 0 Å². The van der Waals surface area contributed by atoms with E-state index >= 15 is 0 Å².